The molecule has 0 radical (unpaired) electrons. The molecule has 0 heterocycles. The summed E-state index contributed by atoms with van der Waals surface area (Å²) in [6, 6.07) is 13.5. The van der Waals surface area contributed by atoms with Gasteiger partial charge in [-0.2, -0.15) is 0 Å². The Bertz CT molecular complexity index is 839. The van der Waals surface area contributed by atoms with Gasteiger partial charge in [0.15, 0.2) is 5.96 Å². The average molecular weight is 417 g/mol. The fraction of sp³-hybridized carbons (Fsp3) is 0.364. The van der Waals surface area contributed by atoms with Crippen molar-refractivity contribution in [2.75, 3.05) is 26.0 Å². The molecule has 0 saturated heterocycles. The van der Waals surface area contributed by atoms with Crippen LogP contribution in [0.5, 0.6) is 5.75 Å². The topological polar surface area (TPSA) is 74.8 Å². The lowest BCUT2D eigenvalue weighted by Crippen LogP contribution is -2.37. The largest absolute Gasteiger partial charge is 0.497 e. The van der Waals surface area contributed by atoms with Crippen LogP contribution in [0.25, 0.3) is 0 Å². The van der Waals surface area contributed by atoms with Crippen molar-refractivity contribution in [1.29, 1.82) is 0 Å². The molecule has 3 N–H and O–H groups in total. The van der Waals surface area contributed by atoms with E-state index in [9.17, 15) is 4.79 Å². The number of hydrogen-bond acceptors (Lipinski definition) is 3. The van der Waals surface area contributed by atoms with E-state index in [1.165, 1.54) is 0 Å². The predicted molar refractivity (Wildman–Crippen MR) is 120 cm³/mol. The number of aliphatic imine (C=N–C) groups is 1. The van der Waals surface area contributed by atoms with Crippen LogP contribution in [0.4, 0.5) is 5.69 Å². The number of carbonyl (C=O) groups is 1. The van der Waals surface area contributed by atoms with Crippen molar-refractivity contribution in [3.05, 3.63) is 58.6 Å². The van der Waals surface area contributed by atoms with Crippen LogP contribution in [0.3, 0.4) is 0 Å². The molecular formula is C22H29ClN4O2. The normalized spacial score (nSPS) is 11.1. The summed E-state index contributed by atoms with van der Waals surface area (Å²) in [6.07, 6.45) is 2.12. The van der Waals surface area contributed by atoms with E-state index >= 15 is 0 Å². The van der Waals surface area contributed by atoms with E-state index in [1.54, 1.807) is 14.2 Å². The number of amides is 1. The number of guanidine groups is 1. The third kappa shape index (κ3) is 7.66. The summed E-state index contributed by atoms with van der Waals surface area (Å²) in [6.45, 7) is 3.28. The summed E-state index contributed by atoms with van der Waals surface area (Å²) < 4.78 is 5.17. The molecule has 7 heteroatoms. The lowest BCUT2D eigenvalue weighted by atomic mass is 10.1. The van der Waals surface area contributed by atoms with Crippen LogP contribution in [0.2, 0.25) is 5.02 Å². The Kier molecular flexibility index (Phi) is 9.31. The SMILES string of the molecule is CCCC(=O)Nc1cccc(CNC(=NC)NCCc2ccc(OC)cc2Cl)c1. The summed E-state index contributed by atoms with van der Waals surface area (Å²) in [5, 5.41) is 10.2. The van der Waals surface area contributed by atoms with Gasteiger partial charge in [-0.3, -0.25) is 9.79 Å². The zero-order valence-corrected chi connectivity index (χ0v) is 18.0. The second-order valence-corrected chi connectivity index (χ2v) is 6.97. The van der Waals surface area contributed by atoms with Crippen molar-refractivity contribution >= 4 is 29.2 Å². The van der Waals surface area contributed by atoms with E-state index in [2.05, 4.69) is 20.9 Å². The molecule has 0 spiro atoms. The molecule has 0 bridgehead atoms. The first kappa shape index (κ1) is 22.6. The highest BCUT2D eigenvalue weighted by Gasteiger charge is 2.05. The number of hydrogen-bond donors (Lipinski definition) is 3. The highest BCUT2D eigenvalue weighted by molar-refractivity contribution is 6.31. The summed E-state index contributed by atoms with van der Waals surface area (Å²) in [5.41, 5.74) is 2.91. The Balaban J connectivity index is 1.82. The highest BCUT2D eigenvalue weighted by Crippen LogP contribution is 2.22. The lowest BCUT2D eigenvalue weighted by molar-refractivity contribution is -0.116. The first-order valence-corrected chi connectivity index (χ1v) is 10.1. The van der Waals surface area contributed by atoms with Crippen molar-refractivity contribution in [3.8, 4) is 5.75 Å². The van der Waals surface area contributed by atoms with E-state index in [0.717, 1.165) is 35.4 Å². The van der Waals surface area contributed by atoms with Crippen molar-refractivity contribution in [2.24, 2.45) is 4.99 Å². The van der Waals surface area contributed by atoms with Crippen LogP contribution in [-0.4, -0.2) is 32.6 Å². The first-order chi connectivity index (χ1) is 14.0. The quantitative estimate of drug-likeness (QED) is 0.426. The Morgan fingerprint density at radius 2 is 2.00 bits per heavy atom. The summed E-state index contributed by atoms with van der Waals surface area (Å²) in [4.78, 5) is 16.0. The number of carbonyl (C=O) groups excluding carboxylic acids is 1. The third-order valence-corrected chi connectivity index (χ3v) is 4.67. The summed E-state index contributed by atoms with van der Waals surface area (Å²) in [7, 11) is 3.36. The Morgan fingerprint density at radius 3 is 2.69 bits per heavy atom. The molecule has 0 aliphatic rings. The maximum Gasteiger partial charge on any atom is 0.224 e. The van der Waals surface area contributed by atoms with Gasteiger partial charge in [0, 0.05) is 37.3 Å². The van der Waals surface area contributed by atoms with Crippen LogP contribution in [0.15, 0.2) is 47.5 Å². The molecule has 156 valence electrons. The molecule has 0 saturated carbocycles. The Morgan fingerprint density at radius 1 is 1.17 bits per heavy atom. The molecular weight excluding hydrogens is 388 g/mol. The highest BCUT2D eigenvalue weighted by atomic mass is 35.5. The van der Waals surface area contributed by atoms with Crippen LogP contribution in [0.1, 0.15) is 30.9 Å². The van der Waals surface area contributed by atoms with Gasteiger partial charge in [-0.05, 0) is 48.2 Å². The molecule has 0 atom stereocenters. The van der Waals surface area contributed by atoms with Crippen molar-refractivity contribution in [1.82, 2.24) is 10.6 Å². The molecule has 2 rings (SSSR count). The Labute approximate surface area is 177 Å². The van der Waals surface area contributed by atoms with E-state index in [4.69, 9.17) is 16.3 Å². The van der Waals surface area contributed by atoms with Crippen LogP contribution in [-0.2, 0) is 17.8 Å². The molecule has 0 unspecified atom stereocenters. The molecule has 29 heavy (non-hydrogen) atoms. The van der Waals surface area contributed by atoms with Crippen molar-refractivity contribution in [2.45, 2.75) is 32.7 Å². The van der Waals surface area contributed by atoms with Gasteiger partial charge in [0.2, 0.25) is 5.91 Å². The number of ether oxygens (including phenoxy) is 1. The molecule has 0 fully saturated rings. The Hall–Kier alpha value is -2.73. The predicted octanol–water partition coefficient (Wildman–Crippen LogP) is 3.99. The zero-order chi connectivity index (χ0) is 21.1. The van der Waals surface area contributed by atoms with E-state index in [1.807, 2.05) is 49.4 Å². The van der Waals surface area contributed by atoms with Crippen LogP contribution in [0, 0.1) is 0 Å². The zero-order valence-electron chi connectivity index (χ0n) is 17.2. The fourth-order valence-electron chi connectivity index (χ4n) is 2.79. The monoisotopic (exact) mass is 416 g/mol. The number of methoxy groups -OCH3 is 1. The molecule has 0 aromatic heterocycles. The minimum Gasteiger partial charge on any atom is -0.497 e. The minimum absolute atomic E-state index is 0.0345. The maximum absolute atomic E-state index is 11.8. The smallest absolute Gasteiger partial charge is 0.224 e. The second kappa shape index (κ2) is 12.0. The van der Waals surface area contributed by atoms with Crippen molar-refractivity contribution in [3.63, 3.8) is 0 Å². The second-order valence-electron chi connectivity index (χ2n) is 6.56. The van der Waals surface area contributed by atoms with Gasteiger partial charge < -0.3 is 20.7 Å². The van der Waals surface area contributed by atoms with E-state index < -0.39 is 0 Å². The standard InChI is InChI=1S/C22H29ClN4O2/c1-4-6-21(28)27-18-8-5-7-16(13-18)15-26-22(24-2)25-12-11-17-9-10-19(29-3)14-20(17)23/h5,7-10,13-14H,4,6,11-12,15H2,1-3H3,(H,27,28)(H2,24,25,26). The van der Waals surface area contributed by atoms with Gasteiger partial charge in [-0.1, -0.05) is 36.7 Å². The van der Waals surface area contributed by atoms with E-state index in [0.29, 0.717) is 30.5 Å². The van der Waals surface area contributed by atoms with Crippen LogP contribution >= 0.6 is 11.6 Å². The molecule has 2 aromatic carbocycles. The van der Waals surface area contributed by atoms with Gasteiger partial charge >= 0.3 is 0 Å². The lowest BCUT2D eigenvalue weighted by Gasteiger charge is -2.13. The average Bonchev–Trinajstić information content (AvgIpc) is 2.72. The number of halogens is 1. The fourth-order valence-corrected chi connectivity index (χ4v) is 3.05. The molecule has 0 aliphatic heterocycles. The number of anilines is 1. The summed E-state index contributed by atoms with van der Waals surface area (Å²) in [5.74, 6) is 1.49. The molecule has 2 aromatic rings. The van der Waals surface area contributed by atoms with Gasteiger partial charge in [-0.25, -0.2) is 0 Å². The van der Waals surface area contributed by atoms with Gasteiger partial charge in [0.05, 0.1) is 7.11 Å². The van der Waals surface area contributed by atoms with Crippen molar-refractivity contribution < 1.29 is 9.53 Å². The van der Waals surface area contributed by atoms with Gasteiger partial charge in [0.1, 0.15) is 5.75 Å². The van der Waals surface area contributed by atoms with Gasteiger partial charge in [-0.15, -0.1) is 0 Å². The number of nitrogens with one attached hydrogen (secondary N) is 3. The maximum atomic E-state index is 11.8. The number of nitrogens with zero attached hydrogens (tertiary/aromatic N) is 1. The molecule has 1 amide bonds. The van der Waals surface area contributed by atoms with Crippen LogP contribution < -0.4 is 20.7 Å². The molecule has 6 nitrogen and oxygen atoms in total. The summed E-state index contributed by atoms with van der Waals surface area (Å²) >= 11 is 6.29. The molecule has 0 aliphatic carbocycles. The number of benzene rings is 2. The minimum atomic E-state index is 0.0345. The van der Waals surface area contributed by atoms with E-state index in [-0.39, 0.29) is 5.91 Å². The third-order valence-electron chi connectivity index (χ3n) is 4.32. The number of rotatable bonds is 9. The first-order valence-electron chi connectivity index (χ1n) is 9.71. The van der Waals surface area contributed by atoms with Gasteiger partial charge in [0.25, 0.3) is 0 Å².